The fourth-order valence-corrected chi connectivity index (χ4v) is 3.81. The van der Waals surface area contributed by atoms with E-state index in [1.807, 2.05) is 13.8 Å². The Hall–Kier alpha value is -2.42. The summed E-state index contributed by atoms with van der Waals surface area (Å²) < 4.78 is 25.7. The van der Waals surface area contributed by atoms with Crippen molar-refractivity contribution in [3.8, 4) is 0 Å². The van der Waals surface area contributed by atoms with Crippen LogP contribution in [0.25, 0.3) is 10.9 Å². The molecule has 0 fully saturated rings. The number of sulfonamides is 1. The number of nitrogens with zero attached hydrogens (tertiary/aromatic N) is 2. The highest BCUT2D eigenvalue weighted by molar-refractivity contribution is 7.89. The van der Waals surface area contributed by atoms with Gasteiger partial charge >= 0.3 is 0 Å². The van der Waals surface area contributed by atoms with Gasteiger partial charge in [-0.25, -0.2) is 13.6 Å². The molecule has 1 amide bonds. The third-order valence-corrected chi connectivity index (χ3v) is 5.39. The van der Waals surface area contributed by atoms with Gasteiger partial charge in [-0.05, 0) is 37.6 Å². The van der Waals surface area contributed by atoms with Gasteiger partial charge in [-0.15, -0.1) is 0 Å². The molecule has 1 aromatic heterocycles. The number of nitrogens with two attached hydrogens (primary N) is 1. The fraction of sp³-hybridized carbons (Fsp3) is 0.222. The van der Waals surface area contributed by atoms with Gasteiger partial charge in [0.1, 0.15) is 0 Å². The smallest absolute Gasteiger partial charge is 0.238 e. The van der Waals surface area contributed by atoms with Gasteiger partial charge in [0.25, 0.3) is 0 Å². The molecule has 0 radical (unpaired) electrons. The standard InChI is InChI=1S/C18H19ClN4O3S/c1-11(2)23-16-8-13(9-17(27(20,25)26)14(16)10-21-23)22-18(24)7-12-5-3-4-6-15(12)19/h3-6,8-11H,7H2,1-2H3,(H,22,24)(H2,20,25,26). The zero-order valence-corrected chi connectivity index (χ0v) is 16.4. The van der Waals surface area contributed by atoms with Crippen LogP contribution in [0.1, 0.15) is 25.5 Å². The maximum Gasteiger partial charge on any atom is 0.238 e. The Morgan fingerprint density at radius 2 is 2.00 bits per heavy atom. The SMILES string of the molecule is CC(C)n1ncc2c(S(N)(=O)=O)cc(NC(=O)Cc3ccccc3Cl)cc21. The largest absolute Gasteiger partial charge is 0.326 e. The minimum atomic E-state index is -3.99. The Morgan fingerprint density at radius 1 is 1.30 bits per heavy atom. The maximum atomic E-state index is 12.4. The second-order valence-corrected chi connectivity index (χ2v) is 8.39. The van der Waals surface area contributed by atoms with E-state index in [0.29, 0.717) is 27.2 Å². The van der Waals surface area contributed by atoms with Crippen molar-refractivity contribution in [1.29, 1.82) is 0 Å². The van der Waals surface area contributed by atoms with Crippen LogP contribution in [-0.2, 0) is 21.2 Å². The van der Waals surface area contributed by atoms with Crippen LogP contribution < -0.4 is 10.5 Å². The molecule has 7 nitrogen and oxygen atoms in total. The molecule has 3 aromatic rings. The van der Waals surface area contributed by atoms with Crippen LogP contribution in [0.3, 0.4) is 0 Å². The monoisotopic (exact) mass is 406 g/mol. The third kappa shape index (κ3) is 4.13. The van der Waals surface area contributed by atoms with E-state index >= 15 is 0 Å². The molecule has 0 saturated heterocycles. The Kier molecular flexibility index (Phi) is 5.23. The Balaban J connectivity index is 2.00. The van der Waals surface area contributed by atoms with E-state index < -0.39 is 10.0 Å². The molecule has 0 aliphatic carbocycles. The van der Waals surface area contributed by atoms with Gasteiger partial charge < -0.3 is 5.32 Å². The van der Waals surface area contributed by atoms with Crippen LogP contribution in [-0.4, -0.2) is 24.1 Å². The van der Waals surface area contributed by atoms with Crippen LogP contribution in [0.15, 0.2) is 47.5 Å². The van der Waals surface area contributed by atoms with Gasteiger partial charge in [0.15, 0.2) is 0 Å². The number of carbonyl (C=O) groups excluding carboxylic acids is 1. The lowest BCUT2D eigenvalue weighted by molar-refractivity contribution is -0.115. The van der Waals surface area contributed by atoms with Crippen LogP contribution in [0, 0.1) is 0 Å². The zero-order valence-electron chi connectivity index (χ0n) is 14.8. The molecule has 0 aliphatic rings. The van der Waals surface area contributed by atoms with Crippen LogP contribution >= 0.6 is 11.6 Å². The number of aromatic nitrogens is 2. The lowest BCUT2D eigenvalue weighted by Crippen LogP contribution is -2.17. The molecule has 0 atom stereocenters. The van der Waals surface area contributed by atoms with E-state index in [1.165, 1.54) is 12.3 Å². The highest BCUT2D eigenvalue weighted by Crippen LogP contribution is 2.28. The van der Waals surface area contributed by atoms with Gasteiger partial charge in [-0.1, -0.05) is 29.8 Å². The summed E-state index contributed by atoms with van der Waals surface area (Å²) in [7, 11) is -3.99. The number of primary sulfonamides is 1. The Morgan fingerprint density at radius 3 is 2.63 bits per heavy atom. The molecule has 0 spiro atoms. The van der Waals surface area contributed by atoms with Crippen molar-refractivity contribution < 1.29 is 13.2 Å². The normalized spacial score (nSPS) is 11.9. The molecule has 1 heterocycles. The first-order valence-electron chi connectivity index (χ1n) is 8.24. The van der Waals surface area contributed by atoms with E-state index in [-0.39, 0.29) is 23.3 Å². The molecule has 3 rings (SSSR count). The molecule has 0 saturated carbocycles. The second-order valence-electron chi connectivity index (χ2n) is 6.45. The topological polar surface area (TPSA) is 107 Å². The van der Waals surface area contributed by atoms with E-state index in [0.717, 1.165) is 0 Å². The van der Waals surface area contributed by atoms with Crippen LogP contribution in [0.5, 0.6) is 0 Å². The van der Waals surface area contributed by atoms with Gasteiger partial charge in [0, 0.05) is 22.1 Å². The fourth-order valence-electron chi connectivity index (χ4n) is 2.85. The average molecular weight is 407 g/mol. The van der Waals surface area contributed by atoms with Crippen molar-refractivity contribution in [1.82, 2.24) is 9.78 Å². The van der Waals surface area contributed by atoms with Gasteiger partial charge in [0.2, 0.25) is 15.9 Å². The minimum absolute atomic E-state index is 0.00454. The summed E-state index contributed by atoms with van der Waals surface area (Å²) in [6, 6.07) is 10.1. The lowest BCUT2D eigenvalue weighted by atomic mass is 10.1. The third-order valence-electron chi connectivity index (χ3n) is 4.07. The number of halogens is 1. The highest BCUT2D eigenvalue weighted by Gasteiger charge is 2.19. The number of benzene rings is 2. The summed E-state index contributed by atoms with van der Waals surface area (Å²) in [5.41, 5.74) is 1.58. The maximum absolute atomic E-state index is 12.4. The molecule has 27 heavy (non-hydrogen) atoms. The van der Waals surface area contributed by atoms with Crippen LogP contribution in [0.2, 0.25) is 5.02 Å². The van der Waals surface area contributed by atoms with Crippen molar-refractivity contribution in [3.05, 3.63) is 53.2 Å². The van der Waals surface area contributed by atoms with Crippen LogP contribution in [0.4, 0.5) is 5.69 Å². The molecule has 9 heteroatoms. The molecule has 142 valence electrons. The summed E-state index contributed by atoms with van der Waals surface area (Å²) in [6.45, 7) is 3.84. The lowest BCUT2D eigenvalue weighted by Gasteiger charge is -2.12. The Bertz CT molecular complexity index is 1120. The van der Waals surface area contributed by atoms with Crippen molar-refractivity contribution in [2.45, 2.75) is 31.2 Å². The number of nitrogens with one attached hydrogen (secondary N) is 1. The molecular weight excluding hydrogens is 388 g/mol. The average Bonchev–Trinajstić information content (AvgIpc) is 2.99. The predicted octanol–water partition coefficient (Wildman–Crippen LogP) is 3.10. The first-order chi connectivity index (χ1) is 12.7. The van der Waals surface area contributed by atoms with Gasteiger partial charge in [-0.3, -0.25) is 9.48 Å². The summed E-state index contributed by atoms with van der Waals surface area (Å²) in [5.74, 6) is -0.321. The number of anilines is 1. The predicted molar refractivity (Wildman–Crippen MR) is 105 cm³/mol. The first kappa shape index (κ1) is 19.3. The molecule has 2 aromatic carbocycles. The number of hydrogen-bond donors (Lipinski definition) is 2. The van der Waals surface area contributed by atoms with Gasteiger partial charge in [-0.2, -0.15) is 5.10 Å². The number of fused-ring (bicyclic) bond motifs is 1. The van der Waals surface area contributed by atoms with E-state index in [9.17, 15) is 13.2 Å². The number of hydrogen-bond acceptors (Lipinski definition) is 4. The molecule has 0 unspecified atom stereocenters. The van der Waals surface area contributed by atoms with Crippen molar-refractivity contribution in [2.24, 2.45) is 5.14 Å². The summed E-state index contributed by atoms with van der Waals surface area (Å²) in [4.78, 5) is 12.3. The van der Waals surface area contributed by atoms with Crippen molar-refractivity contribution in [2.75, 3.05) is 5.32 Å². The van der Waals surface area contributed by atoms with E-state index in [4.69, 9.17) is 16.7 Å². The summed E-state index contributed by atoms with van der Waals surface area (Å²) in [6.07, 6.45) is 1.52. The number of carbonyl (C=O) groups is 1. The molecule has 0 aliphatic heterocycles. The van der Waals surface area contributed by atoms with Crippen molar-refractivity contribution in [3.63, 3.8) is 0 Å². The minimum Gasteiger partial charge on any atom is -0.326 e. The highest BCUT2D eigenvalue weighted by atomic mass is 35.5. The summed E-state index contributed by atoms with van der Waals surface area (Å²) >= 11 is 6.09. The number of rotatable bonds is 5. The molecule has 3 N–H and O–H groups in total. The zero-order chi connectivity index (χ0) is 19.8. The second kappa shape index (κ2) is 7.30. The van der Waals surface area contributed by atoms with Crippen molar-refractivity contribution >= 4 is 44.1 Å². The van der Waals surface area contributed by atoms with Gasteiger partial charge in [0.05, 0.1) is 23.0 Å². The number of amides is 1. The summed E-state index contributed by atoms with van der Waals surface area (Å²) in [5, 5.41) is 13.2. The molecular formula is C18H19ClN4O3S. The van der Waals surface area contributed by atoms with E-state index in [1.54, 1.807) is 35.0 Å². The molecule has 0 bridgehead atoms. The van der Waals surface area contributed by atoms with E-state index in [2.05, 4.69) is 10.4 Å². The Labute approximate surface area is 162 Å². The first-order valence-corrected chi connectivity index (χ1v) is 10.2. The quantitative estimate of drug-likeness (QED) is 0.678.